The molecular formula is C12H19NO2. The summed E-state index contributed by atoms with van der Waals surface area (Å²) >= 11 is 0. The van der Waals surface area contributed by atoms with Crippen LogP contribution in [0.3, 0.4) is 0 Å². The van der Waals surface area contributed by atoms with Crippen LogP contribution >= 0.6 is 0 Å². The molecule has 15 heavy (non-hydrogen) atoms. The van der Waals surface area contributed by atoms with Gasteiger partial charge in [-0.25, -0.2) is 0 Å². The minimum Gasteiger partial charge on any atom is -0.496 e. The van der Waals surface area contributed by atoms with Crippen molar-refractivity contribution in [2.75, 3.05) is 13.7 Å². The molecule has 0 amide bonds. The number of rotatable bonds is 3. The minimum atomic E-state index is -0.693. The maximum atomic E-state index is 9.20. The first-order valence-corrected chi connectivity index (χ1v) is 4.98. The predicted molar refractivity (Wildman–Crippen MR) is 61.1 cm³/mol. The van der Waals surface area contributed by atoms with Crippen molar-refractivity contribution >= 4 is 0 Å². The number of aryl methyl sites for hydroxylation is 2. The van der Waals surface area contributed by atoms with E-state index in [0.717, 1.165) is 22.4 Å². The Kier molecular flexibility index (Phi) is 3.37. The summed E-state index contributed by atoms with van der Waals surface area (Å²) in [5, 5.41) is 9.20. The van der Waals surface area contributed by atoms with Gasteiger partial charge in [0.05, 0.1) is 19.3 Å². The van der Waals surface area contributed by atoms with E-state index in [-0.39, 0.29) is 6.61 Å². The molecule has 84 valence electrons. The highest BCUT2D eigenvalue weighted by atomic mass is 16.5. The molecule has 0 aliphatic rings. The molecule has 0 aromatic heterocycles. The molecular weight excluding hydrogens is 190 g/mol. The van der Waals surface area contributed by atoms with Gasteiger partial charge in [-0.1, -0.05) is 12.1 Å². The van der Waals surface area contributed by atoms with Crippen molar-refractivity contribution in [3.05, 3.63) is 28.8 Å². The molecule has 0 radical (unpaired) electrons. The van der Waals surface area contributed by atoms with E-state index in [4.69, 9.17) is 10.5 Å². The largest absolute Gasteiger partial charge is 0.496 e. The molecule has 0 fully saturated rings. The van der Waals surface area contributed by atoms with Gasteiger partial charge in [-0.3, -0.25) is 0 Å². The van der Waals surface area contributed by atoms with Gasteiger partial charge in [0.25, 0.3) is 0 Å². The van der Waals surface area contributed by atoms with Crippen LogP contribution in [0.15, 0.2) is 12.1 Å². The van der Waals surface area contributed by atoms with Crippen molar-refractivity contribution in [2.45, 2.75) is 26.3 Å². The third-order valence-corrected chi connectivity index (χ3v) is 2.65. The average Bonchev–Trinajstić information content (AvgIpc) is 2.17. The summed E-state index contributed by atoms with van der Waals surface area (Å²) in [7, 11) is 1.66. The molecule has 1 aromatic rings. The van der Waals surface area contributed by atoms with Crippen molar-refractivity contribution in [3.63, 3.8) is 0 Å². The van der Waals surface area contributed by atoms with Crippen LogP contribution in [0.1, 0.15) is 23.6 Å². The van der Waals surface area contributed by atoms with E-state index in [2.05, 4.69) is 0 Å². The normalized spacial score (nSPS) is 14.8. The Bertz CT molecular complexity index is 336. The molecule has 0 spiro atoms. The highest BCUT2D eigenvalue weighted by Gasteiger charge is 2.21. The van der Waals surface area contributed by atoms with E-state index in [1.807, 2.05) is 32.9 Å². The highest BCUT2D eigenvalue weighted by molar-refractivity contribution is 5.45. The van der Waals surface area contributed by atoms with Crippen molar-refractivity contribution in [1.82, 2.24) is 0 Å². The van der Waals surface area contributed by atoms with E-state index >= 15 is 0 Å². The van der Waals surface area contributed by atoms with Crippen molar-refractivity contribution in [1.29, 1.82) is 0 Å². The topological polar surface area (TPSA) is 55.5 Å². The number of hydrogen-bond acceptors (Lipinski definition) is 3. The molecule has 1 rings (SSSR count). The zero-order chi connectivity index (χ0) is 11.6. The maximum absolute atomic E-state index is 9.20. The first-order chi connectivity index (χ1) is 6.92. The summed E-state index contributed by atoms with van der Waals surface area (Å²) in [6.45, 7) is 5.69. The molecule has 3 nitrogen and oxygen atoms in total. The van der Waals surface area contributed by atoms with Crippen molar-refractivity contribution < 1.29 is 9.84 Å². The number of benzene rings is 1. The van der Waals surface area contributed by atoms with Gasteiger partial charge < -0.3 is 15.6 Å². The standard InChI is InChI=1S/C12H19NO2/c1-8-5-10(12(3,13)7-14)6-9(2)11(8)15-4/h5-6,14H,7,13H2,1-4H3. The number of ether oxygens (including phenoxy) is 1. The van der Waals surface area contributed by atoms with E-state index in [1.54, 1.807) is 7.11 Å². The number of aliphatic hydroxyl groups excluding tert-OH is 1. The second kappa shape index (κ2) is 4.21. The van der Waals surface area contributed by atoms with Gasteiger partial charge in [0.15, 0.2) is 0 Å². The summed E-state index contributed by atoms with van der Waals surface area (Å²) < 4.78 is 5.27. The first kappa shape index (κ1) is 12.0. The Morgan fingerprint density at radius 1 is 1.33 bits per heavy atom. The zero-order valence-electron chi connectivity index (χ0n) is 9.79. The van der Waals surface area contributed by atoms with Crippen LogP contribution in [0.4, 0.5) is 0 Å². The van der Waals surface area contributed by atoms with E-state index in [0.29, 0.717) is 0 Å². The fourth-order valence-corrected chi connectivity index (χ4v) is 1.69. The summed E-state index contributed by atoms with van der Waals surface area (Å²) in [6, 6.07) is 3.92. The lowest BCUT2D eigenvalue weighted by Gasteiger charge is -2.24. The quantitative estimate of drug-likeness (QED) is 0.792. The number of methoxy groups -OCH3 is 1. The Labute approximate surface area is 90.9 Å². The van der Waals surface area contributed by atoms with E-state index in [1.165, 1.54) is 0 Å². The summed E-state index contributed by atoms with van der Waals surface area (Å²) in [4.78, 5) is 0. The van der Waals surface area contributed by atoms with Crippen LogP contribution in [0.5, 0.6) is 5.75 Å². The maximum Gasteiger partial charge on any atom is 0.124 e. The molecule has 1 aromatic carbocycles. The van der Waals surface area contributed by atoms with Crippen LogP contribution in [-0.4, -0.2) is 18.8 Å². The van der Waals surface area contributed by atoms with Crippen LogP contribution in [0, 0.1) is 13.8 Å². The molecule has 0 saturated carbocycles. The van der Waals surface area contributed by atoms with Gasteiger partial charge >= 0.3 is 0 Å². The van der Waals surface area contributed by atoms with Crippen LogP contribution < -0.4 is 10.5 Å². The molecule has 0 aliphatic carbocycles. The Morgan fingerprint density at radius 3 is 2.13 bits per heavy atom. The fraction of sp³-hybridized carbons (Fsp3) is 0.500. The van der Waals surface area contributed by atoms with Crippen molar-refractivity contribution in [3.8, 4) is 5.75 Å². The number of hydrogen-bond donors (Lipinski definition) is 2. The van der Waals surface area contributed by atoms with E-state index in [9.17, 15) is 5.11 Å². The summed E-state index contributed by atoms with van der Waals surface area (Å²) in [6.07, 6.45) is 0. The fourth-order valence-electron chi connectivity index (χ4n) is 1.69. The third kappa shape index (κ3) is 2.30. The van der Waals surface area contributed by atoms with Crippen molar-refractivity contribution in [2.24, 2.45) is 5.73 Å². The van der Waals surface area contributed by atoms with Gasteiger partial charge in [0, 0.05) is 0 Å². The van der Waals surface area contributed by atoms with Crippen LogP contribution in [0.2, 0.25) is 0 Å². The van der Waals surface area contributed by atoms with Gasteiger partial charge in [-0.2, -0.15) is 0 Å². The van der Waals surface area contributed by atoms with Gasteiger partial charge in [-0.15, -0.1) is 0 Å². The first-order valence-electron chi connectivity index (χ1n) is 4.98. The molecule has 3 N–H and O–H groups in total. The summed E-state index contributed by atoms with van der Waals surface area (Å²) in [5.74, 6) is 0.882. The molecule has 1 atom stereocenters. The lowest BCUT2D eigenvalue weighted by Crippen LogP contribution is -2.37. The summed E-state index contributed by atoms with van der Waals surface area (Å²) in [5.41, 5.74) is 8.29. The molecule has 0 heterocycles. The van der Waals surface area contributed by atoms with Crippen LogP contribution in [-0.2, 0) is 5.54 Å². The highest BCUT2D eigenvalue weighted by Crippen LogP contribution is 2.28. The molecule has 0 saturated heterocycles. The Hall–Kier alpha value is -1.06. The van der Waals surface area contributed by atoms with Crippen LogP contribution in [0.25, 0.3) is 0 Å². The number of nitrogens with two attached hydrogens (primary N) is 1. The smallest absolute Gasteiger partial charge is 0.124 e. The second-order valence-electron chi connectivity index (χ2n) is 4.22. The second-order valence-corrected chi connectivity index (χ2v) is 4.22. The average molecular weight is 209 g/mol. The molecule has 0 aliphatic heterocycles. The lowest BCUT2D eigenvalue weighted by atomic mass is 9.91. The van der Waals surface area contributed by atoms with E-state index < -0.39 is 5.54 Å². The van der Waals surface area contributed by atoms with Gasteiger partial charge in [-0.05, 0) is 37.5 Å². The van der Waals surface area contributed by atoms with Gasteiger partial charge in [0.2, 0.25) is 0 Å². The minimum absolute atomic E-state index is 0.0712. The molecule has 1 unspecified atom stereocenters. The molecule has 0 bridgehead atoms. The Balaban J connectivity index is 3.26. The Morgan fingerprint density at radius 2 is 1.80 bits per heavy atom. The number of aliphatic hydroxyl groups is 1. The SMILES string of the molecule is COc1c(C)cc(C(C)(N)CO)cc1C. The lowest BCUT2D eigenvalue weighted by molar-refractivity contribution is 0.210. The third-order valence-electron chi connectivity index (χ3n) is 2.65. The monoisotopic (exact) mass is 209 g/mol. The predicted octanol–water partition coefficient (Wildman–Crippen LogP) is 1.48. The van der Waals surface area contributed by atoms with Gasteiger partial charge in [0.1, 0.15) is 5.75 Å². The zero-order valence-corrected chi connectivity index (χ0v) is 9.79. The molecule has 3 heteroatoms.